The van der Waals surface area contributed by atoms with E-state index in [4.69, 9.17) is 9.47 Å². The molecule has 0 spiro atoms. The normalized spacial score (nSPS) is 11.0. The number of ether oxygens (including phenoxy) is 3. The lowest BCUT2D eigenvalue weighted by atomic mass is 10.1. The van der Waals surface area contributed by atoms with Crippen molar-refractivity contribution in [2.75, 3.05) is 7.11 Å². The average Bonchev–Trinajstić information content (AvgIpc) is 2.81. The van der Waals surface area contributed by atoms with E-state index >= 15 is 0 Å². The summed E-state index contributed by atoms with van der Waals surface area (Å²) in [7, 11) is 1.59. The quantitative estimate of drug-likeness (QED) is 0.274. The number of carbonyl (C=O) groups excluding carboxylic acids is 1. The van der Waals surface area contributed by atoms with Gasteiger partial charge in [0.2, 0.25) is 0 Å². The first-order valence-corrected chi connectivity index (χ1v) is 10.1. The third-order valence-electron chi connectivity index (χ3n) is 4.82. The summed E-state index contributed by atoms with van der Waals surface area (Å²) < 4.78 is 40.1. The molecule has 3 aromatic rings. The molecule has 3 aromatic carbocycles. The number of alkyl halides is 2. The molecule has 0 amide bonds. The first kappa shape index (κ1) is 23.0. The lowest BCUT2D eigenvalue weighted by Crippen LogP contribution is -2.02. The number of benzene rings is 3. The monoisotopic (exact) mass is 438 g/mol. The second-order valence-corrected chi connectivity index (χ2v) is 6.96. The molecular weight excluding hydrogens is 414 g/mol. The Morgan fingerprint density at radius 2 is 1.66 bits per heavy atom. The van der Waals surface area contributed by atoms with Gasteiger partial charge < -0.3 is 14.2 Å². The van der Waals surface area contributed by atoms with Crippen LogP contribution in [-0.2, 0) is 13.0 Å². The summed E-state index contributed by atoms with van der Waals surface area (Å²) in [5.74, 6) is 1.20. The van der Waals surface area contributed by atoms with Gasteiger partial charge in [-0.25, -0.2) is 0 Å². The summed E-state index contributed by atoms with van der Waals surface area (Å²) in [5.41, 5.74) is 3.25. The van der Waals surface area contributed by atoms with Crippen LogP contribution in [0.3, 0.4) is 0 Å². The van der Waals surface area contributed by atoms with Crippen molar-refractivity contribution in [1.29, 1.82) is 0 Å². The second-order valence-electron chi connectivity index (χ2n) is 6.96. The van der Waals surface area contributed by atoms with E-state index in [1.165, 1.54) is 35.9 Å². The van der Waals surface area contributed by atoms with Crippen LogP contribution in [0.1, 0.15) is 34.0 Å². The molecule has 0 bridgehead atoms. The number of halogens is 2. The van der Waals surface area contributed by atoms with E-state index in [2.05, 4.69) is 11.7 Å². The Morgan fingerprint density at radius 3 is 2.28 bits per heavy atom. The van der Waals surface area contributed by atoms with Crippen LogP contribution in [0.15, 0.2) is 72.8 Å². The van der Waals surface area contributed by atoms with Gasteiger partial charge in [-0.15, -0.1) is 0 Å². The van der Waals surface area contributed by atoms with Crippen LogP contribution in [0.25, 0.3) is 6.08 Å². The highest BCUT2D eigenvalue weighted by molar-refractivity contribution is 6.06. The van der Waals surface area contributed by atoms with E-state index in [1.54, 1.807) is 13.2 Å². The first-order valence-electron chi connectivity index (χ1n) is 10.1. The van der Waals surface area contributed by atoms with Gasteiger partial charge in [-0.3, -0.25) is 4.79 Å². The Balaban J connectivity index is 1.68. The maximum Gasteiger partial charge on any atom is 0.387 e. The zero-order valence-electron chi connectivity index (χ0n) is 17.9. The van der Waals surface area contributed by atoms with Crippen molar-refractivity contribution in [2.24, 2.45) is 0 Å². The van der Waals surface area contributed by atoms with Crippen molar-refractivity contribution in [2.45, 2.75) is 26.6 Å². The fraction of sp³-hybridized carbons (Fsp3) is 0.192. The molecule has 0 atom stereocenters. The maximum atomic E-state index is 12.4. The lowest BCUT2D eigenvalue weighted by molar-refractivity contribution is -0.0498. The summed E-state index contributed by atoms with van der Waals surface area (Å²) in [6, 6.07) is 19.0. The Kier molecular flexibility index (Phi) is 7.97. The smallest absolute Gasteiger partial charge is 0.387 e. The van der Waals surface area contributed by atoms with Gasteiger partial charge in [0.15, 0.2) is 5.78 Å². The molecule has 0 aliphatic rings. The predicted octanol–water partition coefficient (Wildman–Crippen LogP) is 6.33. The van der Waals surface area contributed by atoms with Crippen molar-refractivity contribution >= 4 is 11.9 Å². The van der Waals surface area contributed by atoms with Crippen LogP contribution in [-0.4, -0.2) is 19.5 Å². The van der Waals surface area contributed by atoms with Gasteiger partial charge in [0.05, 0.1) is 7.11 Å². The summed E-state index contributed by atoms with van der Waals surface area (Å²) >= 11 is 0. The third-order valence-corrected chi connectivity index (χ3v) is 4.82. The number of hydrogen-bond acceptors (Lipinski definition) is 4. The van der Waals surface area contributed by atoms with Gasteiger partial charge in [0.1, 0.15) is 23.9 Å². The van der Waals surface area contributed by atoms with E-state index in [-0.39, 0.29) is 11.5 Å². The van der Waals surface area contributed by atoms with Gasteiger partial charge in [0.25, 0.3) is 0 Å². The molecule has 4 nitrogen and oxygen atoms in total. The van der Waals surface area contributed by atoms with E-state index in [9.17, 15) is 13.6 Å². The molecule has 0 aliphatic heterocycles. The topological polar surface area (TPSA) is 44.8 Å². The van der Waals surface area contributed by atoms with E-state index in [0.29, 0.717) is 17.9 Å². The molecule has 0 aliphatic carbocycles. The van der Waals surface area contributed by atoms with Crippen LogP contribution in [0.2, 0.25) is 0 Å². The van der Waals surface area contributed by atoms with Crippen molar-refractivity contribution in [3.05, 3.63) is 95.1 Å². The highest BCUT2D eigenvalue weighted by Crippen LogP contribution is 2.23. The summed E-state index contributed by atoms with van der Waals surface area (Å²) in [4.78, 5) is 12.4. The molecule has 166 valence electrons. The number of allylic oxidation sites excluding steroid dienone is 1. The van der Waals surface area contributed by atoms with Crippen LogP contribution in [0.5, 0.6) is 17.2 Å². The number of methoxy groups -OCH3 is 1. The second kappa shape index (κ2) is 11.1. The molecule has 32 heavy (non-hydrogen) atoms. The fourth-order valence-corrected chi connectivity index (χ4v) is 3.07. The molecule has 0 unspecified atom stereocenters. The minimum atomic E-state index is -2.90. The van der Waals surface area contributed by atoms with Crippen molar-refractivity contribution in [1.82, 2.24) is 0 Å². The molecule has 0 aromatic heterocycles. The minimum absolute atomic E-state index is 0.00431. The summed E-state index contributed by atoms with van der Waals surface area (Å²) in [6.07, 6.45) is 4.08. The molecular formula is C26H24F2O4. The van der Waals surface area contributed by atoms with Crippen molar-refractivity contribution in [3.63, 3.8) is 0 Å². The van der Waals surface area contributed by atoms with Crippen molar-refractivity contribution in [3.8, 4) is 17.2 Å². The Labute approximate surface area is 186 Å². The molecule has 0 heterocycles. The lowest BCUT2D eigenvalue weighted by Gasteiger charge is -2.11. The number of rotatable bonds is 10. The fourth-order valence-electron chi connectivity index (χ4n) is 3.07. The number of hydrogen-bond donors (Lipinski definition) is 0. The molecule has 6 heteroatoms. The minimum Gasteiger partial charge on any atom is -0.496 e. The maximum absolute atomic E-state index is 12.4. The van der Waals surface area contributed by atoms with Gasteiger partial charge in [0, 0.05) is 11.1 Å². The van der Waals surface area contributed by atoms with Gasteiger partial charge in [-0.05, 0) is 72.2 Å². The molecule has 3 rings (SSSR count). The average molecular weight is 438 g/mol. The standard InChI is InChI=1S/C26H24F2O4/c1-3-18-4-10-22(11-5-18)31-17-21-16-19(7-15-25(21)30-2)6-14-24(29)20-8-12-23(13-9-20)32-26(27)28/h4-16,26H,3,17H2,1-2H3/b14-6+. The van der Waals surface area contributed by atoms with Gasteiger partial charge in [-0.1, -0.05) is 31.2 Å². The van der Waals surface area contributed by atoms with Crippen LogP contribution in [0.4, 0.5) is 8.78 Å². The SMILES string of the molecule is CCc1ccc(OCc2cc(/C=C/C(=O)c3ccc(OC(F)F)cc3)ccc2OC)cc1. The first-order chi connectivity index (χ1) is 15.5. The summed E-state index contributed by atoms with van der Waals surface area (Å²) in [6.45, 7) is -0.488. The molecule has 0 saturated heterocycles. The van der Waals surface area contributed by atoms with E-state index in [1.807, 2.05) is 42.5 Å². The number of aryl methyl sites for hydroxylation is 1. The Hall–Kier alpha value is -3.67. The zero-order chi connectivity index (χ0) is 22.9. The Morgan fingerprint density at radius 1 is 0.969 bits per heavy atom. The summed E-state index contributed by atoms with van der Waals surface area (Å²) in [5, 5.41) is 0. The van der Waals surface area contributed by atoms with Crippen LogP contribution < -0.4 is 14.2 Å². The predicted molar refractivity (Wildman–Crippen MR) is 120 cm³/mol. The largest absolute Gasteiger partial charge is 0.496 e. The van der Waals surface area contributed by atoms with E-state index < -0.39 is 6.61 Å². The van der Waals surface area contributed by atoms with E-state index in [0.717, 1.165) is 23.3 Å². The third kappa shape index (κ3) is 6.41. The highest BCUT2D eigenvalue weighted by Gasteiger charge is 2.08. The molecule has 0 radical (unpaired) electrons. The molecule has 0 saturated carbocycles. The van der Waals surface area contributed by atoms with Crippen LogP contribution >= 0.6 is 0 Å². The molecule has 0 fully saturated rings. The highest BCUT2D eigenvalue weighted by atomic mass is 19.3. The van der Waals surface area contributed by atoms with Crippen molar-refractivity contribution < 1.29 is 27.8 Å². The molecule has 0 N–H and O–H groups in total. The zero-order valence-corrected chi connectivity index (χ0v) is 17.9. The van der Waals surface area contributed by atoms with Gasteiger partial charge in [-0.2, -0.15) is 8.78 Å². The number of ketones is 1. The van der Waals surface area contributed by atoms with Crippen LogP contribution in [0, 0.1) is 0 Å². The Bertz CT molecular complexity index is 1060. The number of carbonyl (C=O) groups is 1. The van der Waals surface area contributed by atoms with Gasteiger partial charge >= 0.3 is 6.61 Å².